The number of hydrogen-bond donors (Lipinski definition) is 1. The van der Waals surface area contributed by atoms with Gasteiger partial charge in [0, 0.05) is 11.5 Å². The number of nitrogens with zero attached hydrogens (tertiary/aromatic N) is 3. The van der Waals surface area contributed by atoms with Gasteiger partial charge in [0.05, 0.1) is 12.7 Å². The average Bonchev–Trinajstić information content (AvgIpc) is 2.81. The fraction of sp³-hybridized carbons (Fsp3) is 0.833. The summed E-state index contributed by atoms with van der Waals surface area (Å²) in [6.07, 6.45) is 1.25. The van der Waals surface area contributed by atoms with Crippen LogP contribution in [0.2, 0.25) is 0 Å². The van der Waals surface area contributed by atoms with E-state index in [0.29, 0.717) is 12.4 Å². The van der Waals surface area contributed by atoms with Gasteiger partial charge in [0.1, 0.15) is 12.4 Å². The second kappa shape index (κ2) is 4.38. The van der Waals surface area contributed by atoms with Crippen molar-refractivity contribution >= 4 is 0 Å². The van der Waals surface area contributed by atoms with E-state index in [1.165, 1.54) is 0 Å². The molecule has 0 radical (unpaired) electrons. The second-order valence-corrected chi connectivity index (χ2v) is 5.72. The molecule has 2 rings (SSSR count). The van der Waals surface area contributed by atoms with E-state index in [4.69, 9.17) is 4.74 Å². The lowest BCUT2D eigenvalue weighted by atomic mass is 10.0. The molecule has 1 fully saturated rings. The molecule has 1 aromatic heterocycles. The van der Waals surface area contributed by atoms with Crippen LogP contribution in [0.4, 0.5) is 0 Å². The van der Waals surface area contributed by atoms with Crippen LogP contribution in [0.3, 0.4) is 0 Å². The number of hydrogen-bond acceptors (Lipinski definition) is 4. The highest BCUT2D eigenvalue weighted by Gasteiger charge is 2.32. The fourth-order valence-corrected chi connectivity index (χ4v) is 2.43. The van der Waals surface area contributed by atoms with Gasteiger partial charge in [0.25, 0.3) is 0 Å². The maximum Gasteiger partial charge on any atom is 0.159 e. The van der Waals surface area contributed by atoms with Gasteiger partial charge in [-0.15, -0.1) is 10.2 Å². The molecule has 96 valence electrons. The summed E-state index contributed by atoms with van der Waals surface area (Å²) in [6.45, 7) is 8.98. The predicted molar refractivity (Wildman–Crippen MR) is 63.7 cm³/mol. The molecule has 1 aromatic rings. The first-order valence-electron chi connectivity index (χ1n) is 6.10. The Balaban J connectivity index is 2.37. The monoisotopic (exact) mass is 239 g/mol. The highest BCUT2D eigenvalue weighted by atomic mass is 16.5. The Labute approximate surface area is 102 Å². The number of aliphatic hydroxyl groups is 1. The molecule has 2 heterocycles. The van der Waals surface area contributed by atoms with Gasteiger partial charge >= 0.3 is 0 Å². The van der Waals surface area contributed by atoms with E-state index in [1.807, 2.05) is 4.57 Å². The highest BCUT2D eigenvalue weighted by molar-refractivity contribution is 5.07. The first kappa shape index (κ1) is 12.5. The summed E-state index contributed by atoms with van der Waals surface area (Å²) in [5.74, 6) is 1.86. The summed E-state index contributed by atoms with van der Waals surface area (Å²) in [7, 11) is 0. The Morgan fingerprint density at radius 1 is 1.41 bits per heavy atom. The van der Waals surface area contributed by atoms with Crippen molar-refractivity contribution in [2.45, 2.75) is 58.3 Å². The van der Waals surface area contributed by atoms with Crippen LogP contribution >= 0.6 is 0 Å². The van der Waals surface area contributed by atoms with Crippen molar-refractivity contribution in [2.75, 3.05) is 6.61 Å². The Morgan fingerprint density at radius 2 is 2.12 bits per heavy atom. The minimum Gasteiger partial charge on any atom is -0.388 e. The molecule has 5 nitrogen and oxygen atoms in total. The summed E-state index contributed by atoms with van der Waals surface area (Å²) < 4.78 is 7.63. The zero-order valence-corrected chi connectivity index (χ0v) is 11.0. The van der Waals surface area contributed by atoms with Crippen molar-refractivity contribution in [2.24, 2.45) is 0 Å². The summed E-state index contributed by atoms with van der Waals surface area (Å²) in [5.41, 5.74) is -0.122. The zero-order valence-electron chi connectivity index (χ0n) is 11.0. The molecule has 1 N–H and O–H groups in total. The Bertz CT molecular complexity index is 395. The van der Waals surface area contributed by atoms with Gasteiger partial charge in [-0.25, -0.2) is 0 Å². The molecule has 0 aromatic carbocycles. The van der Waals surface area contributed by atoms with Gasteiger partial charge in [-0.05, 0) is 34.1 Å². The van der Waals surface area contributed by atoms with Crippen molar-refractivity contribution in [1.29, 1.82) is 0 Å². The predicted octanol–water partition coefficient (Wildman–Crippen LogP) is 1.42. The molecule has 2 atom stereocenters. The van der Waals surface area contributed by atoms with Crippen LogP contribution in [0.5, 0.6) is 0 Å². The Morgan fingerprint density at radius 3 is 2.59 bits per heavy atom. The topological polar surface area (TPSA) is 60.2 Å². The molecule has 1 aliphatic heterocycles. The second-order valence-electron chi connectivity index (χ2n) is 5.72. The normalized spacial score (nSPS) is 25.5. The number of rotatable bonds is 2. The van der Waals surface area contributed by atoms with Crippen molar-refractivity contribution in [3.8, 4) is 0 Å². The number of ether oxygens (including phenoxy) is 1. The summed E-state index contributed by atoms with van der Waals surface area (Å²) >= 11 is 0. The van der Waals surface area contributed by atoms with Crippen molar-refractivity contribution in [3.05, 3.63) is 11.6 Å². The van der Waals surface area contributed by atoms with E-state index >= 15 is 0 Å². The summed E-state index contributed by atoms with van der Waals surface area (Å²) in [4.78, 5) is 0. The van der Waals surface area contributed by atoms with Crippen molar-refractivity contribution < 1.29 is 9.84 Å². The lowest BCUT2D eigenvalue weighted by Crippen LogP contribution is -2.27. The Kier molecular flexibility index (Phi) is 3.23. The van der Waals surface area contributed by atoms with E-state index < -0.39 is 0 Å². The zero-order chi connectivity index (χ0) is 12.6. The Hall–Kier alpha value is -0.940. The molecule has 0 aliphatic carbocycles. The minimum absolute atomic E-state index is 0.0760. The van der Waals surface area contributed by atoms with E-state index in [9.17, 15) is 5.11 Å². The standard InChI is InChI=1S/C12H21N3O2/c1-8-5-9(7-17-8)11-14-13-10(6-16)15(11)12(2,3)4/h8-9,16H,5-7H2,1-4H3. The third kappa shape index (κ3) is 2.35. The van der Waals surface area contributed by atoms with Gasteiger partial charge < -0.3 is 14.4 Å². The molecule has 0 spiro atoms. The molecule has 1 aliphatic rings. The van der Waals surface area contributed by atoms with Crippen LogP contribution in [0, 0.1) is 0 Å². The van der Waals surface area contributed by atoms with Gasteiger partial charge in [-0.1, -0.05) is 0 Å². The largest absolute Gasteiger partial charge is 0.388 e. The fourth-order valence-electron chi connectivity index (χ4n) is 2.43. The molecular formula is C12H21N3O2. The van der Waals surface area contributed by atoms with Crippen molar-refractivity contribution in [1.82, 2.24) is 14.8 Å². The van der Waals surface area contributed by atoms with E-state index in [-0.39, 0.29) is 24.2 Å². The van der Waals surface area contributed by atoms with Gasteiger partial charge in [-0.2, -0.15) is 0 Å². The summed E-state index contributed by atoms with van der Waals surface area (Å²) in [6, 6.07) is 0. The van der Waals surface area contributed by atoms with Crippen molar-refractivity contribution in [3.63, 3.8) is 0 Å². The maximum absolute atomic E-state index is 9.34. The number of aliphatic hydroxyl groups excluding tert-OH is 1. The van der Waals surface area contributed by atoms with Crippen LogP contribution in [-0.2, 0) is 16.9 Å². The molecule has 2 unspecified atom stereocenters. The van der Waals surface area contributed by atoms with E-state index in [1.54, 1.807) is 0 Å². The van der Waals surface area contributed by atoms with Crippen LogP contribution in [0.15, 0.2) is 0 Å². The average molecular weight is 239 g/mol. The minimum atomic E-state index is -0.122. The van der Waals surface area contributed by atoms with Crippen LogP contribution in [0.25, 0.3) is 0 Å². The lowest BCUT2D eigenvalue weighted by Gasteiger charge is -2.26. The number of aromatic nitrogens is 3. The highest BCUT2D eigenvalue weighted by Crippen LogP contribution is 2.31. The first-order valence-corrected chi connectivity index (χ1v) is 6.10. The van der Waals surface area contributed by atoms with E-state index in [2.05, 4.69) is 37.9 Å². The first-order chi connectivity index (χ1) is 7.93. The molecular weight excluding hydrogens is 218 g/mol. The molecule has 0 bridgehead atoms. The van der Waals surface area contributed by atoms with Gasteiger partial charge in [0.2, 0.25) is 0 Å². The smallest absolute Gasteiger partial charge is 0.159 e. The van der Waals surface area contributed by atoms with Gasteiger partial charge in [-0.3, -0.25) is 0 Å². The summed E-state index contributed by atoms with van der Waals surface area (Å²) in [5, 5.41) is 17.7. The SMILES string of the molecule is CC1CC(c2nnc(CO)n2C(C)(C)C)CO1. The quantitative estimate of drug-likeness (QED) is 0.848. The lowest BCUT2D eigenvalue weighted by molar-refractivity contribution is 0.123. The van der Waals surface area contributed by atoms with Crippen LogP contribution in [0.1, 0.15) is 51.7 Å². The molecule has 0 amide bonds. The molecule has 1 saturated heterocycles. The van der Waals surface area contributed by atoms with Gasteiger partial charge in [0.15, 0.2) is 5.82 Å². The molecule has 5 heteroatoms. The maximum atomic E-state index is 9.34. The van der Waals surface area contributed by atoms with Crippen LogP contribution in [-0.4, -0.2) is 32.6 Å². The third-order valence-electron chi connectivity index (χ3n) is 3.13. The molecule has 17 heavy (non-hydrogen) atoms. The molecule has 0 saturated carbocycles. The third-order valence-corrected chi connectivity index (χ3v) is 3.13. The van der Waals surface area contributed by atoms with Crippen LogP contribution < -0.4 is 0 Å². The van der Waals surface area contributed by atoms with E-state index in [0.717, 1.165) is 12.2 Å².